The fraction of sp³-hybridized carbons (Fsp3) is 0.571. The molecule has 90 valence electrons. The predicted molar refractivity (Wildman–Crippen MR) is 68.7 cm³/mol. The van der Waals surface area contributed by atoms with Gasteiger partial charge in [0.05, 0.1) is 0 Å². The van der Waals surface area contributed by atoms with E-state index in [1.165, 1.54) is 11.1 Å². The summed E-state index contributed by atoms with van der Waals surface area (Å²) in [6, 6.07) is 8.67. The molecule has 0 fully saturated rings. The third-order valence-electron chi connectivity index (χ3n) is 2.68. The summed E-state index contributed by atoms with van der Waals surface area (Å²) in [5.74, 6) is 0. The van der Waals surface area contributed by atoms with Crippen LogP contribution in [0.5, 0.6) is 0 Å². The summed E-state index contributed by atoms with van der Waals surface area (Å²) in [6.45, 7) is 4.56. The normalized spacial score (nSPS) is 10.6. The molecule has 0 unspecified atom stereocenters. The zero-order chi connectivity index (χ0) is 11.6. The van der Waals surface area contributed by atoms with Crippen molar-refractivity contribution in [2.75, 3.05) is 19.7 Å². The molecule has 0 heterocycles. The summed E-state index contributed by atoms with van der Waals surface area (Å²) in [7, 11) is 0. The van der Waals surface area contributed by atoms with Crippen molar-refractivity contribution in [1.82, 2.24) is 5.32 Å². The van der Waals surface area contributed by atoms with Gasteiger partial charge in [0.2, 0.25) is 0 Å². The molecular formula is C14H23NO. The SMILES string of the molecule is Cc1cccc(CCNCCCCCO)c1. The lowest BCUT2D eigenvalue weighted by molar-refractivity contribution is 0.283. The molecule has 16 heavy (non-hydrogen) atoms. The molecule has 0 saturated carbocycles. The van der Waals surface area contributed by atoms with Crippen molar-refractivity contribution in [1.29, 1.82) is 0 Å². The van der Waals surface area contributed by atoms with E-state index < -0.39 is 0 Å². The highest BCUT2D eigenvalue weighted by Crippen LogP contribution is 2.03. The molecule has 2 N–H and O–H groups in total. The van der Waals surface area contributed by atoms with Gasteiger partial charge in [0.25, 0.3) is 0 Å². The summed E-state index contributed by atoms with van der Waals surface area (Å²) in [6.07, 6.45) is 4.31. The highest BCUT2D eigenvalue weighted by Gasteiger charge is 1.93. The zero-order valence-electron chi connectivity index (χ0n) is 10.2. The molecule has 0 aliphatic carbocycles. The maximum absolute atomic E-state index is 8.62. The topological polar surface area (TPSA) is 32.3 Å². The molecule has 1 aromatic carbocycles. The van der Waals surface area contributed by atoms with Crippen LogP contribution in [0.1, 0.15) is 30.4 Å². The first-order chi connectivity index (χ1) is 7.83. The Morgan fingerprint density at radius 2 is 2.00 bits per heavy atom. The van der Waals surface area contributed by atoms with Crippen molar-refractivity contribution in [2.45, 2.75) is 32.6 Å². The van der Waals surface area contributed by atoms with E-state index in [-0.39, 0.29) is 0 Å². The molecule has 2 heteroatoms. The number of rotatable bonds is 8. The molecular weight excluding hydrogens is 198 g/mol. The molecule has 0 atom stereocenters. The minimum absolute atomic E-state index is 0.323. The van der Waals surface area contributed by atoms with Crippen LogP contribution in [0.2, 0.25) is 0 Å². The van der Waals surface area contributed by atoms with Crippen molar-refractivity contribution in [3.8, 4) is 0 Å². The van der Waals surface area contributed by atoms with E-state index in [1.807, 2.05) is 0 Å². The van der Waals surface area contributed by atoms with E-state index in [0.29, 0.717) is 6.61 Å². The number of aliphatic hydroxyl groups excluding tert-OH is 1. The van der Waals surface area contributed by atoms with Gasteiger partial charge in [-0.15, -0.1) is 0 Å². The van der Waals surface area contributed by atoms with Gasteiger partial charge in [-0.2, -0.15) is 0 Å². The number of hydrogen-bond donors (Lipinski definition) is 2. The second-order valence-electron chi connectivity index (χ2n) is 4.27. The predicted octanol–water partition coefficient (Wildman–Crippen LogP) is 2.29. The number of aryl methyl sites for hydroxylation is 1. The Labute approximate surface area is 98.7 Å². The van der Waals surface area contributed by atoms with Gasteiger partial charge in [0, 0.05) is 6.61 Å². The van der Waals surface area contributed by atoms with Crippen LogP contribution in [-0.4, -0.2) is 24.8 Å². The lowest BCUT2D eigenvalue weighted by Crippen LogP contribution is -2.18. The third-order valence-corrected chi connectivity index (χ3v) is 2.68. The Balaban J connectivity index is 2.03. The van der Waals surface area contributed by atoms with E-state index in [2.05, 4.69) is 36.5 Å². The van der Waals surface area contributed by atoms with Gasteiger partial charge < -0.3 is 10.4 Å². The summed E-state index contributed by atoms with van der Waals surface area (Å²) in [4.78, 5) is 0. The second kappa shape index (κ2) is 8.31. The van der Waals surface area contributed by atoms with Crippen LogP contribution >= 0.6 is 0 Å². The standard InChI is InChI=1S/C14H23NO/c1-13-6-5-7-14(12-13)8-10-15-9-3-2-4-11-16/h5-7,12,15-16H,2-4,8-11H2,1H3. The molecule has 0 bridgehead atoms. The monoisotopic (exact) mass is 221 g/mol. The molecule has 0 radical (unpaired) electrons. The first-order valence-electron chi connectivity index (χ1n) is 6.20. The van der Waals surface area contributed by atoms with Gasteiger partial charge >= 0.3 is 0 Å². The number of nitrogens with one attached hydrogen (secondary N) is 1. The Bertz CT molecular complexity index is 286. The maximum atomic E-state index is 8.62. The van der Waals surface area contributed by atoms with Crippen LogP contribution < -0.4 is 5.32 Å². The zero-order valence-corrected chi connectivity index (χ0v) is 10.2. The summed E-state index contributed by atoms with van der Waals surface area (Å²) < 4.78 is 0. The van der Waals surface area contributed by atoms with Crippen LogP contribution in [0.4, 0.5) is 0 Å². The molecule has 0 amide bonds. The van der Waals surface area contributed by atoms with E-state index in [9.17, 15) is 0 Å². The average Bonchev–Trinajstić information content (AvgIpc) is 2.28. The molecule has 0 aliphatic heterocycles. The van der Waals surface area contributed by atoms with E-state index in [4.69, 9.17) is 5.11 Å². The lowest BCUT2D eigenvalue weighted by Gasteiger charge is -2.05. The first kappa shape index (κ1) is 13.2. The number of hydrogen-bond acceptors (Lipinski definition) is 2. The lowest BCUT2D eigenvalue weighted by atomic mass is 10.1. The summed E-state index contributed by atoms with van der Waals surface area (Å²) in [5, 5.41) is 12.1. The summed E-state index contributed by atoms with van der Waals surface area (Å²) >= 11 is 0. The Morgan fingerprint density at radius 3 is 2.75 bits per heavy atom. The molecule has 1 aromatic rings. The highest BCUT2D eigenvalue weighted by molar-refractivity contribution is 5.22. The molecule has 0 aromatic heterocycles. The first-order valence-corrected chi connectivity index (χ1v) is 6.20. The molecule has 0 spiro atoms. The van der Waals surface area contributed by atoms with Crippen LogP contribution in [0, 0.1) is 6.92 Å². The van der Waals surface area contributed by atoms with Crippen molar-refractivity contribution in [3.63, 3.8) is 0 Å². The van der Waals surface area contributed by atoms with Gasteiger partial charge in [0.1, 0.15) is 0 Å². The number of aliphatic hydroxyl groups is 1. The van der Waals surface area contributed by atoms with Gasteiger partial charge in [-0.25, -0.2) is 0 Å². The van der Waals surface area contributed by atoms with E-state index in [0.717, 1.165) is 38.8 Å². The fourth-order valence-electron chi connectivity index (χ4n) is 1.76. The van der Waals surface area contributed by atoms with Gasteiger partial charge in [-0.3, -0.25) is 0 Å². The van der Waals surface area contributed by atoms with Crippen molar-refractivity contribution in [2.24, 2.45) is 0 Å². The molecule has 1 rings (SSSR count). The minimum atomic E-state index is 0.323. The minimum Gasteiger partial charge on any atom is -0.396 e. The Morgan fingerprint density at radius 1 is 1.12 bits per heavy atom. The molecule has 2 nitrogen and oxygen atoms in total. The third kappa shape index (κ3) is 5.89. The Hall–Kier alpha value is -0.860. The van der Waals surface area contributed by atoms with Crippen molar-refractivity contribution in [3.05, 3.63) is 35.4 Å². The smallest absolute Gasteiger partial charge is 0.0431 e. The van der Waals surface area contributed by atoms with Crippen molar-refractivity contribution >= 4 is 0 Å². The van der Waals surface area contributed by atoms with E-state index in [1.54, 1.807) is 0 Å². The molecule has 0 saturated heterocycles. The average molecular weight is 221 g/mol. The van der Waals surface area contributed by atoms with Crippen LogP contribution in [-0.2, 0) is 6.42 Å². The molecule has 0 aliphatic rings. The van der Waals surface area contributed by atoms with Gasteiger partial charge in [-0.05, 0) is 51.3 Å². The quantitative estimate of drug-likeness (QED) is 0.660. The van der Waals surface area contributed by atoms with Gasteiger partial charge in [-0.1, -0.05) is 29.8 Å². The number of unbranched alkanes of at least 4 members (excludes halogenated alkanes) is 2. The fourth-order valence-corrected chi connectivity index (χ4v) is 1.76. The Kier molecular flexibility index (Phi) is 6.86. The largest absolute Gasteiger partial charge is 0.396 e. The van der Waals surface area contributed by atoms with Crippen LogP contribution in [0.25, 0.3) is 0 Å². The van der Waals surface area contributed by atoms with Crippen LogP contribution in [0.15, 0.2) is 24.3 Å². The van der Waals surface area contributed by atoms with E-state index >= 15 is 0 Å². The summed E-state index contributed by atoms with van der Waals surface area (Å²) in [5.41, 5.74) is 2.74. The van der Waals surface area contributed by atoms with Crippen molar-refractivity contribution < 1.29 is 5.11 Å². The number of benzene rings is 1. The van der Waals surface area contributed by atoms with Gasteiger partial charge in [0.15, 0.2) is 0 Å². The second-order valence-corrected chi connectivity index (χ2v) is 4.27. The highest BCUT2D eigenvalue weighted by atomic mass is 16.2. The van der Waals surface area contributed by atoms with Crippen LogP contribution in [0.3, 0.4) is 0 Å². The maximum Gasteiger partial charge on any atom is 0.0431 e.